The first-order valence-corrected chi connectivity index (χ1v) is 10.6. The van der Waals surface area contributed by atoms with Gasteiger partial charge in [0.15, 0.2) is 6.54 Å². The molecule has 2 aromatic rings. The lowest BCUT2D eigenvalue weighted by Crippen LogP contribution is -3.15. The van der Waals surface area contributed by atoms with Crippen LogP contribution in [0.3, 0.4) is 0 Å². The van der Waals surface area contributed by atoms with Gasteiger partial charge in [0.05, 0.1) is 36.6 Å². The van der Waals surface area contributed by atoms with Crippen LogP contribution in [0.4, 0.5) is 10.1 Å². The minimum Gasteiger partial charge on any atom is -0.325 e. The van der Waals surface area contributed by atoms with Crippen LogP contribution in [0.2, 0.25) is 0 Å². The number of nitrogens with zero attached hydrogens (tertiary/aromatic N) is 2. The second-order valence-corrected chi connectivity index (χ2v) is 8.86. The molecule has 7 nitrogen and oxygen atoms in total. The van der Waals surface area contributed by atoms with Crippen LogP contribution < -0.4 is 10.2 Å². The number of carbonyl (C=O) groups excluding carboxylic acids is 1. The summed E-state index contributed by atoms with van der Waals surface area (Å²) in [5.41, 5.74) is 1.02. The maximum atomic E-state index is 13.6. The van der Waals surface area contributed by atoms with E-state index in [2.05, 4.69) is 5.32 Å². The first kappa shape index (κ1) is 20.9. The monoisotopic (exact) mass is 417 g/mol. The molecule has 1 heterocycles. The molecule has 0 spiro atoms. The number of rotatable bonds is 5. The Kier molecular flexibility index (Phi) is 6.27. The zero-order valence-corrected chi connectivity index (χ0v) is 16.8. The summed E-state index contributed by atoms with van der Waals surface area (Å²) in [5, 5.41) is 11.8. The number of sulfonamides is 1. The molecule has 1 aliphatic heterocycles. The Morgan fingerprint density at radius 1 is 1.24 bits per heavy atom. The Morgan fingerprint density at radius 2 is 1.93 bits per heavy atom. The molecule has 1 amide bonds. The number of anilines is 1. The first-order valence-electron chi connectivity index (χ1n) is 9.20. The number of benzene rings is 2. The number of aryl methyl sites for hydroxylation is 1. The third-order valence-corrected chi connectivity index (χ3v) is 6.88. The van der Waals surface area contributed by atoms with Crippen molar-refractivity contribution < 1.29 is 22.5 Å². The molecule has 2 aromatic carbocycles. The molecule has 9 heteroatoms. The van der Waals surface area contributed by atoms with Crippen LogP contribution in [0, 0.1) is 24.1 Å². The minimum atomic E-state index is -3.76. The van der Waals surface area contributed by atoms with Gasteiger partial charge >= 0.3 is 0 Å². The molecule has 0 aromatic heterocycles. The summed E-state index contributed by atoms with van der Waals surface area (Å²) in [6.07, 6.45) is 0. The lowest BCUT2D eigenvalue weighted by Gasteiger charge is -2.31. The van der Waals surface area contributed by atoms with Gasteiger partial charge in [0, 0.05) is 5.69 Å². The second-order valence-electron chi connectivity index (χ2n) is 6.95. The van der Waals surface area contributed by atoms with E-state index >= 15 is 0 Å². The van der Waals surface area contributed by atoms with Crippen molar-refractivity contribution >= 4 is 21.6 Å². The van der Waals surface area contributed by atoms with Crippen LogP contribution in [0.5, 0.6) is 0 Å². The van der Waals surface area contributed by atoms with Gasteiger partial charge in [-0.3, -0.25) is 4.79 Å². The molecule has 1 fully saturated rings. The Morgan fingerprint density at radius 3 is 2.59 bits per heavy atom. The summed E-state index contributed by atoms with van der Waals surface area (Å²) in [4.78, 5) is 13.2. The fourth-order valence-corrected chi connectivity index (χ4v) is 4.83. The molecular formula is C20H22FN4O3S+. The molecular weight excluding hydrogens is 395 g/mol. The van der Waals surface area contributed by atoms with E-state index in [1.807, 2.05) is 6.07 Å². The Hall–Kier alpha value is -2.80. The molecule has 29 heavy (non-hydrogen) atoms. The van der Waals surface area contributed by atoms with Gasteiger partial charge in [0.25, 0.3) is 5.91 Å². The van der Waals surface area contributed by atoms with Crippen LogP contribution in [-0.2, 0) is 14.8 Å². The highest BCUT2D eigenvalue weighted by Crippen LogP contribution is 2.19. The summed E-state index contributed by atoms with van der Waals surface area (Å²) in [5.74, 6) is -0.638. The number of carbonyl (C=O) groups is 1. The van der Waals surface area contributed by atoms with Gasteiger partial charge < -0.3 is 10.2 Å². The number of quaternary nitrogens is 1. The standard InChI is InChI=1S/C20H21FN4O3S/c1-15-6-7-17(12-18(15)21)23-20(26)14-24-8-10-25(11-9-24)29(27,28)19-5-3-2-4-16(19)13-22/h2-7,12H,8-11,14H2,1H3,(H,23,26)/p+1. The van der Waals surface area contributed by atoms with Crippen LogP contribution in [-0.4, -0.2) is 51.4 Å². The number of hydrogen-bond donors (Lipinski definition) is 2. The van der Waals surface area contributed by atoms with Crippen molar-refractivity contribution in [3.63, 3.8) is 0 Å². The van der Waals surface area contributed by atoms with Gasteiger partial charge in [-0.1, -0.05) is 18.2 Å². The van der Waals surface area contributed by atoms with Crippen LogP contribution in [0.25, 0.3) is 0 Å². The van der Waals surface area contributed by atoms with E-state index in [0.29, 0.717) is 24.3 Å². The number of amides is 1. The highest BCUT2D eigenvalue weighted by atomic mass is 32.2. The predicted octanol–water partition coefficient (Wildman–Crippen LogP) is 0.534. The summed E-state index contributed by atoms with van der Waals surface area (Å²) in [6, 6.07) is 12.6. The van der Waals surface area contributed by atoms with E-state index in [0.717, 1.165) is 4.90 Å². The van der Waals surface area contributed by atoms with E-state index in [1.54, 1.807) is 31.2 Å². The SMILES string of the molecule is Cc1ccc(NC(=O)C[NH+]2CCN(S(=O)(=O)c3ccccc3C#N)CC2)cc1F. The normalized spacial score (nSPS) is 15.6. The topological polar surface area (TPSA) is 94.7 Å². The lowest BCUT2D eigenvalue weighted by atomic mass is 10.2. The van der Waals surface area contributed by atoms with E-state index in [9.17, 15) is 17.6 Å². The highest BCUT2D eigenvalue weighted by molar-refractivity contribution is 7.89. The quantitative estimate of drug-likeness (QED) is 0.742. The zero-order chi connectivity index (χ0) is 21.0. The van der Waals surface area contributed by atoms with Gasteiger partial charge in [-0.2, -0.15) is 9.57 Å². The summed E-state index contributed by atoms with van der Waals surface area (Å²) >= 11 is 0. The molecule has 1 saturated heterocycles. The first-order chi connectivity index (χ1) is 13.8. The van der Waals surface area contributed by atoms with Crippen LogP contribution in [0.15, 0.2) is 47.4 Å². The molecule has 0 atom stereocenters. The molecule has 0 radical (unpaired) electrons. The van der Waals surface area contributed by atoms with Gasteiger partial charge in [-0.05, 0) is 36.8 Å². The molecule has 152 valence electrons. The number of halogens is 1. The average molecular weight is 417 g/mol. The van der Waals surface area contributed by atoms with Crippen LogP contribution >= 0.6 is 0 Å². The third kappa shape index (κ3) is 4.79. The van der Waals surface area contributed by atoms with Crippen molar-refractivity contribution in [3.05, 3.63) is 59.4 Å². The smallest absolute Gasteiger partial charge is 0.279 e. The van der Waals surface area contributed by atoms with Crippen molar-refractivity contribution in [2.75, 3.05) is 38.0 Å². The largest absolute Gasteiger partial charge is 0.325 e. The fourth-order valence-electron chi connectivity index (χ4n) is 3.25. The van der Waals surface area contributed by atoms with Gasteiger partial charge in [0.1, 0.15) is 11.9 Å². The second kappa shape index (κ2) is 8.69. The van der Waals surface area contributed by atoms with E-state index in [1.165, 1.54) is 22.5 Å². The maximum Gasteiger partial charge on any atom is 0.279 e. The van der Waals surface area contributed by atoms with E-state index in [4.69, 9.17) is 5.26 Å². The minimum absolute atomic E-state index is 0.00471. The third-order valence-electron chi connectivity index (χ3n) is 4.92. The predicted molar refractivity (Wildman–Crippen MR) is 105 cm³/mol. The molecule has 0 unspecified atom stereocenters. The van der Waals surface area contributed by atoms with E-state index < -0.39 is 10.0 Å². The molecule has 3 rings (SSSR count). The summed E-state index contributed by atoms with van der Waals surface area (Å²) < 4.78 is 40.6. The van der Waals surface area contributed by atoms with Crippen molar-refractivity contribution in [3.8, 4) is 6.07 Å². The summed E-state index contributed by atoms with van der Waals surface area (Å²) in [7, 11) is -3.76. The average Bonchev–Trinajstić information content (AvgIpc) is 2.71. The summed E-state index contributed by atoms with van der Waals surface area (Å²) in [6.45, 7) is 3.24. The van der Waals surface area contributed by atoms with Gasteiger partial charge in [-0.15, -0.1) is 0 Å². The van der Waals surface area contributed by atoms with Crippen molar-refractivity contribution in [2.24, 2.45) is 0 Å². The van der Waals surface area contributed by atoms with Crippen molar-refractivity contribution in [1.29, 1.82) is 5.26 Å². The van der Waals surface area contributed by atoms with Gasteiger partial charge in [-0.25, -0.2) is 12.8 Å². The number of nitrogens with one attached hydrogen (secondary N) is 2. The number of piperazine rings is 1. The molecule has 0 aliphatic carbocycles. The highest BCUT2D eigenvalue weighted by Gasteiger charge is 2.32. The number of nitriles is 1. The maximum absolute atomic E-state index is 13.6. The van der Waals surface area contributed by atoms with Crippen molar-refractivity contribution in [2.45, 2.75) is 11.8 Å². The Labute approximate surface area is 169 Å². The fraction of sp³-hybridized carbons (Fsp3) is 0.300. The Bertz CT molecular complexity index is 1060. The van der Waals surface area contributed by atoms with E-state index in [-0.39, 0.29) is 41.8 Å². The lowest BCUT2D eigenvalue weighted by molar-refractivity contribution is -0.895. The molecule has 0 bridgehead atoms. The Balaban J connectivity index is 1.58. The zero-order valence-electron chi connectivity index (χ0n) is 16.0. The van der Waals surface area contributed by atoms with Crippen LogP contribution in [0.1, 0.15) is 11.1 Å². The van der Waals surface area contributed by atoms with Gasteiger partial charge in [0.2, 0.25) is 10.0 Å². The molecule has 0 saturated carbocycles. The molecule has 2 N–H and O–H groups in total. The van der Waals surface area contributed by atoms with Crippen molar-refractivity contribution in [1.82, 2.24) is 4.31 Å². The molecule has 1 aliphatic rings. The number of hydrogen-bond acceptors (Lipinski definition) is 4.